The molecule has 0 bridgehead atoms. The van der Waals surface area contributed by atoms with E-state index >= 15 is 0 Å². The molecular weight excluding hydrogens is 337 g/mol. The molecule has 25 heavy (non-hydrogen) atoms. The molecule has 1 aromatic heterocycles. The molecule has 0 aliphatic rings. The van der Waals surface area contributed by atoms with E-state index in [0.717, 1.165) is 34.4 Å². The Morgan fingerprint density at radius 2 is 2.00 bits per heavy atom. The molecule has 3 rings (SSSR count). The number of methoxy groups -OCH3 is 1. The van der Waals surface area contributed by atoms with Crippen molar-refractivity contribution >= 4 is 16.7 Å². The second-order valence-electron chi connectivity index (χ2n) is 5.88. The molecule has 0 aliphatic carbocycles. The van der Waals surface area contributed by atoms with Crippen LogP contribution in [0.15, 0.2) is 48.5 Å². The molecule has 0 radical (unpaired) electrons. The maximum atomic E-state index is 13.0. The number of hydrogen-bond acceptors (Lipinski definition) is 5. The van der Waals surface area contributed by atoms with Gasteiger partial charge in [0.15, 0.2) is 0 Å². The molecule has 2 aromatic carbocycles. The Labute approximate surface area is 150 Å². The molecule has 0 saturated heterocycles. The summed E-state index contributed by atoms with van der Waals surface area (Å²) in [6, 6.07) is 14.5. The summed E-state index contributed by atoms with van der Waals surface area (Å²) in [6.07, 6.45) is 0.670. The van der Waals surface area contributed by atoms with Gasteiger partial charge in [-0.05, 0) is 41.3 Å². The molecule has 1 atom stereocenters. The first-order valence-corrected chi connectivity index (χ1v) is 8.86. The SMILES string of the molecule is COc1cccc(Cc2nsc(NC[C@@H](C)c3ccc(F)cc3)n2)c1. The van der Waals surface area contributed by atoms with E-state index in [-0.39, 0.29) is 11.7 Å². The minimum atomic E-state index is -0.213. The number of nitrogens with one attached hydrogen (secondary N) is 1. The molecule has 1 N–H and O–H groups in total. The lowest BCUT2D eigenvalue weighted by atomic mass is 10.0. The maximum Gasteiger partial charge on any atom is 0.202 e. The highest BCUT2D eigenvalue weighted by Gasteiger charge is 2.09. The highest BCUT2D eigenvalue weighted by Crippen LogP contribution is 2.20. The van der Waals surface area contributed by atoms with E-state index in [9.17, 15) is 4.39 Å². The lowest BCUT2D eigenvalue weighted by molar-refractivity contribution is 0.414. The van der Waals surface area contributed by atoms with Crippen LogP contribution in [-0.2, 0) is 6.42 Å². The van der Waals surface area contributed by atoms with Gasteiger partial charge in [0.25, 0.3) is 0 Å². The first-order chi connectivity index (χ1) is 12.1. The molecule has 0 amide bonds. The van der Waals surface area contributed by atoms with E-state index in [2.05, 4.69) is 21.6 Å². The third-order valence-corrected chi connectivity index (χ3v) is 4.67. The predicted molar refractivity (Wildman–Crippen MR) is 99.0 cm³/mol. The van der Waals surface area contributed by atoms with Crippen LogP contribution < -0.4 is 10.1 Å². The Kier molecular flexibility index (Phi) is 5.60. The van der Waals surface area contributed by atoms with Crippen LogP contribution in [0.1, 0.15) is 29.8 Å². The number of halogens is 1. The number of nitrogens with zero attached hydrogens (tertiary/aromatic N) is 2. The van der Waals surface area contributed by atoms with Crippen molar-refractivity contribution in [2.45, 2.75) is 19.3 Å². The Bertz CT molecular complexity index is 820. The summed E-state index contributed by atoms with van der Waals surface area (Å²) in [6.45, 7) is 2.82. The Morgan fingerprint density at radius 1 is 1.20 bits per heavy atom. The zero-order chi connectivity index (χ0) is 17.6. The van der Waals surface area contributed by atoms with Gasteiger partial charge in [-0.1, -0.05) is 31.2 Å². The van der Waals surface area contributed by atoms with Crippen LogP contribution in [0, 0.1) is 5.82 Å². The van der Waals surface area contributed by atoms with Gasteiger partial charge >= 0.3 is 0 Å². The molecule has 4 nitrogen and oxygen atoms in total. The van der Waals surface area contributed by atoms with E-state index in [0.29, 0.717) is 6.42 Å². The summed E-state index contributed by atoms with van der Waals surface area (Å²) in [5.74, 6) is 1.66. The summed E-state index contributed by atoms with van der Waals surface area (Å²) in [4.78, 5) is 4.54. The highest BCUT2D eigenvalue weighted by atomic mass is 32.1. The highest BCUT2D eigenvalue weighted by molar-refractivity contribution is 7.09. The van der Waals surface area contributed by atoms with Crippen molar-refractivity contribution in [3.63, 3.8) is 0 Å². The molecule has 6 heteroatoms. The topological polar surface area (TPSA) is 47.0 Å². The number of hydrogen-bond donors (Lipinski definition) is 1. The Balaban J connectivity index is 1.57. The first kappa shape index (κ1) is 17.4. The molecule has 0 fully saturated rings. The average molecular weight is 357 g/mol. The van der Waals surface area contributed by atoms with E-state index in [1.165, 1.54) is 23.7 Å². The third-order valence-electron chi connectivity index (χ3n) is 3.96. The van der Waals surface area contributed by atoms with Crippen molar-refractivity contribution in [1.29, 1.82) is 0 Å². The van der Waals surface area contributed by atoms with Gasteiger partial charge < -0.3 is 10.1 Å². The summed E-state index contributed by atoms with van der Waals surface area (Å²) in [5.41, 5.74) is 2.21. The number of benzene rings is 2. The predicted octanol–water partition coefficient (Wildman–Crippen LogP) is 4.49. The van der Waals surface area contributed by atoms with E-state index in [1.807, 2.05) is 36.4 Å². The molecule has 0 spiro atoms. The van der Waals surface area contributed by atoms with Crippen molar-refractivity contribution in [2.24, 2.45) is 0 Å². The minimum Gasteiger partial charge on any atom is -0.497 e. The monoisotopic (exact) mass is 357 g/mol. The molecule has 130 valence electrons. The Morgan fingerprint density at radius 3 is 2.76 bits per heavy atom. The summed E-state index contributed by atoms with van der Waals surface area (Å²) in [7, 11) is 1.66. The van der Waals surface area contributed by atoms with Gasteiger partial charge in [-0.15, -0.1) is 0 Å². The van der Waals surface area contributed by atoms with E-state index < -0.39 is 0 Å². The first-order valence-electron chi connectivity index (χ1n) is 8.09. The number of rotatable bonds is 7. The zero-order valence-corrected chi connectivity index (χ0v) is 15.0. The third kappa shape index (κ3) is 4.76. The van der Waals surface area contributed by atoms with Crippen LogP contribution >= 0.6 is 11.5 Å². The van der Waals surface area contributed by atoms with Gasteiger partial charge in [0, 0.05) is 24.5 Å². The second kappa shape index (κ2) is 8.07. The summed E-state index contributed by atoms with van der Waals surface area (Å²) < 4.78 is 22.6. The van der Waals surface area contributed by atoms with Crippen molar-refractivity contribution < 1.29 is 9.13 Å². The number of anilines is 1. The van der Waals surface area contributed by atoms with Gasteiger partial charge in [0.05, 0.1) is 7.11 Å². The van der Waals surface area contributed by atoms with Crippen LogP contribution in [0.4, 0.5) is 9.52 Å². The van der Waals surface area contributed by atoms with Crippen molar-refractivity contribution in [3.8, 4) is 5.75 Å². The van der Waals surface area contributed by atoms with Crippen molar-refractivity contribution in [2.75, 3.05) is 19.0 Å². The van der Waals surface area contributed by atoms with Crippen LogP contribution in [0.2, 0.25) is 0 Å². The van der Waals surface area contributed by atoms with Crippen LogP contribution in [0.25, 0.3) is 0 Å². The van der Waals surface area contributed by atoms with Crippen LogP contribution in [0.3, 0.4) is 0 Å². The smallest absolute Gasteiger partial charge is 0.202 e. The quantitative estimate of drug-likeness (QED) is 0.677. The standard InChI is InChI=1S/C19H20FN3OS/c1-13(15-6-8-16(20)9-7-15)12-21-19-22-18(23-25-19)11-14-4-3-5-17(10-14)24-2/h3-10,13H,11-12H2,1-2H3,(H,21,22,23)/t13-/m1/s1. The van der Waals surface area contributed by atoms with Crippen LogP contribution in [0.5, 0.6) is 5.75 Å². The molecule has 1 heterocycles. The summed E-state index contributed by atoms with van der Waals surface area (Å²) >= 11 is 1.35. The molecule has 0 unspecified atom stereocenters. The number of aromatic nitrogens is 2. The normalized spacial score (nSPS) is 12.0. The second-order valence-corrected chi connectivity index (χ2v) is 6.63. The fourth-order valence-electron chi connectivity index (χ4n) is 2.51. The van der Waals surface area contributed by atoms with Crippen LogP contribution in [-0.4, -0.2) is 23.0 Å². The Hall–Kier alpha value is -2.47. The lowest BCUT2D eigenvalue weighted by Crippen LogP contribution is -2.09. The minimum absolute atomic E-state index is 0.213. The van der Waals surface area contributed by atoms with Gasteiger partial charge in [0.1, 0.15) is 17.4 Å². The molecular formula is C19H20FN3OS. The largest absolute Gasteiger partial charge is 0.497 e. The average Bonchev–Trinajstić information content (AvgIpc) is 3.08. The lowest BCUT2D eigenvalue weighted by Gasteiger charge is -2.12. The molecule has 0 saturated carbocycles. The maximum absolute atomic E-state index is 13.0. The summed E-state index contributed by atoms with van der Waals surface area (Å²) in [5, 5.41) is 4.11. The van der Waals surface area contributed by atoms with Gasteiger partial charge in [-0.3, -0.25) is 0 Å². The van der Waals surface area contributed by atoms with Crippen molar-refractivity contribution in [3.05, 3.63) is 71.3 Å². The van der Waals surface area contributed by atoms with Gasteiger partial charge in [0.2, 0.25) is 5.13 Å². The molecule has 0 aliphatic heterocycles. The molecule has 3 aromatic rings. The fraction of sp³-hybridized carbons (Fsp3) is 0.263. The van der Waals surface area contributed by atoms with Crippen molar-refractivity contribution in [1.82, 2.24) is 9.36 Å². The fourth-order valence-corrected chi connectivity index (χ4v) is 3.10. The van der Waals surface area contributed by atoms with Gasteiger partial charge in [-0.2, -0.15) is 4.37 Å². The van der Waals surface area contributed by atoms with Gasteiger partial charge in [-0.25, -0.2) is 9.37 Å². The zero-order valence-electron chi connectivity index (χ0n) is 14.2. The van der Waals surface area contributed by atoms with E-state index in [1.54, 1.807) is 7.11 Å². The van der Waals surface area contributed by atoms with E-state index in [4.69, 9.17) is 4.74 Å². The number of ether oxygens (including phenoxy) is 1.